The number of fused-ring (bicyclic) bond motifs is 10. The molecule has 1 aliphatic carbocycles. The second kappa shape index (κ2) is 13.9. The zero-order valence-electron chi connectivity index (χ0n) is 32.6. The minimum absolute atomic E-state index is 0.454. The number of nitrogens with zero attached hydrogens (tertiary/aromatic N) is 2. The maximum Gasteiger partial charge on any atom is 0.160 e. The summed E-state index contributed by atoms with van der Waals surface area (Å²) >= 11 is 1.88. The van der Waals surface area contributed by atoms with E-state index in [1.54, 1.807) is 0 Å². The van der Waals surface area contributed by atoms with Crippen molar-refractivity contribution >= 4 is 22.5 Å². The van der Waals surface area contributed by atoms with Gasteiger partial charge in [-0.1, -0.05) is 206 Å². The van der Waals surface area contributed by atoms with Crippen molar-refractivity contribution < 1.29 is 0 Å². The summed E-state index contributed by atoms with van der Waals surface area (Å²) in [5.74, 6) is 0.700. The molecule has 0 fully saturated rings. The lowest BCUT2D eigenvalue weighted by molar-refractivity contribution is 0.723. The molecule has 9 aromatic carbocycles. The second-order valence-corrected chi connectivity index (χ2v) is 16.7. The summed E-state index contributed by atoms with van der Waals surface area (Å²) in [4.78, 5) is 13.3. The summed E-state index contributed by atoms with van der Waals surface area (Å²) in [5.41, 5.74) is 17.1. The first kappa shape index (κ1) is 34.7. The molecule has 0 N–H and O–H groups in total. The van der Waals surface area contributed by atoms with Crippen LogP contribution >= 0.6 is 11.8 Å². The number of hydrogen-bond acceptors (Lipinski definition) is 3. The Bertz CT molecular complexity index is 3250. The van der Waals surface area contributed by atoms with Gasteiger partial charge in [0.05, 0.1) is 16.8 Å². The van der Waals surface area contributed by atoms with Gasteiger partial charge >= 0.3 is 0 Å². The zero-order valence-corrected chi connectivity index (χ0v) is 33.4. The van der Waals surface area contributed by atoms with Crippen LogP contribution in [0, 0.1) is 0 Å². The van der Waals surface area contributed by atoms with Gasteiger partial charge in [-0.05, 0) is 90.7 Å². The first-order chi connectivity index (χ1) is 29.8. The summed E-state index contributed by atoms with van der Waals surface area (Å²) in [6.07, 6.45) is 0. The lowest BCUT2D eigenvalue weighted by Gasteiger charge is -2.40. The van der Waals surface area contributed by atoms with Gasteiger partial charge in [0.2, 0.25) is 0 Å². The molecule has 10 aromatic rings. The summed E-state index contributed by atoms with van der Waals surface area (Å²) in [6, 6.07) is 79.2. The molecule has 12 rings (SSSR count). The van der Waals surface area contributed by atoms with E-state index in [-0.39, 0.29) is 0 Å². The average Bonchev–Trinajstić information content (AvgIpc) is 3.62. The van der Waals surface area contributed by atoms with Gasteiger partial charge in [0.1, 0.15) is 0 Å². The molecule has 0 radical (unpaired) electrons. The Morgan fingerprint density at radius 2 is 0.800 bits per heavy atom. The van der Waals surface area contributed by atoms with Crippen molar-refractivity contribution in [1.29, 1.82) is 0 Å². The highest BCUT2D eigenvalue weighted by atomic mass is 32.2. The van der Waals surface area contributed by atoms with Gasteiger partial charge < -0.3 is 0 Å². The summed E-state index contributed by atoms with van der Waals surface area (Å²) < 4.78 is 0. The fourth-order valence-corrected chi connectivity index (χ4v) is 11.0. The predicted octanol–water partition coefficient (Wildman–Crippen LogP) is 14.8. The van der Waals surface area contributed by atoms with Crippen LogP contribution in [0.4, 0.5) is 0 Å². The molecule has 3 heteroatoms. The van der Waals surface area contributed by atoms with E-state index in [4.69, 9.17) is 9.97 Å². The van der Waals surface area contributed by atoms with Gasteiger partial charge in [-0.2, -0.15) is 0 Å². The van der Waals surface area contributed by atoms with E-state index in [9.17, 15) is 0 Å². The first-order valence-corrected chi connectivity index (χ1v) is 21.3. The van der Waals surface area contributed by atoms with E-state index in [0.29, 0.717) is 5.82 Å². The van der Waals surface area contributed by atoms with Crippen LogP contribution in [0.1, 0.15) is 22.3 Å². The molecular weight excluding hydrogens is 745 g/mol. The van der Waals surface area contributed by atoms with Crippen LogP contribution in [-0.4, -0.2) is 9.97 Å². The van der Waals surface area contributed by atoms with Crippen molar-refractivity contribution in [1.82, 2.24) is 9.97 Å². The molecule has 1 aliphatic heterocycles. The summed E-state index contributed by atoms with van der Waals surface area (Å²) in [6.45, 7) is 0. The fraction of sp³-hybridized carbons (Fsp3) is 0.0175. The van der Waals surface area contributed by atoms with Crippen molar-refractivity contribution in [3.05, 3.63) is 241 Å². The van der Waals surface area contributed by atoms with Crippen LogP contribution in [0.15, 0.2) is 228 Å². The molecule has 0 saturated heterocycles. The lowest BCUT2D eigenvalue weighted by atomic mass is 9.67. The Hall–Kier alpha value is -7.33. The monoisotopic (exact) mass is 780 g/mol. The Balaban J connectivity index is 1.07. The number of aromatic nitrogens is 2. The van der Waals surface area contributed by atoms with E-state index in [1.165, 1.54) is 59.7 Å². The number of benzene rings is 9. The summed E-state index contributed by atoms with van der Waals surface area (Å²) in [5, 5.41) is 2.35. The van der Waals surface area contributed by atoms with Gasteiger partial charge in [0.15, 0.2) is 5.82 Å². The number of hydrogen-bond donors (Lipinski definition) is 0. The van der Waals surface area contributed by atoms with Crippen LogP contribution in [0.3, 0.4) is 0 Å². The molecule has 0 atom stereocenters. The van der Waals surface area contributed by atoms with Crippen LogP contribution in [0.25, 0.3) is 78.1 Å². The largest absolute Gasteiger partial charge is 0.228 e. The standard InChI is InChI=1S/C57H36N2S/c1-3-17-37(18-4-1)41-32-33-47(43-23-9-8-22-42(41)43)53-36-52(58-56(59-53)38-19-5-2-6-20-38)46-26-10-7-21-40(46)39-31-34-55-51(35-39)57(50-29-15-16-30-54(50)60-55)48-27-13-11-24-44(48)45-25-12-14-28-49(45)57/h1-36H. The maximum atomic E-state index is 5.36. The molecule has 2 aliphatic rings. The third kappa shape index (κ3) is 5.29. The molecule has 1 spiro atoms. The minimum atomic E-state index is -0.454. The highest BCUT2D eigenvalue weighted by Gasteiger charge is 2.50. The van der Waals surface area contributed by atoms with Gasteiger partial charge in [-0.15, -0.1) is 0 Å². The molecule has 1 aromatic heterocycles. The topological polar surface area (TPSA) is 25.8 Å². The number of rotatable bonds is 5. The lowest BCUT2D eigenvalue weighted by Crippen LogP contribution is -2.32. The van der Waals surface area contributed by atoms with Crippen molar-refractivity contribution in [2.75, 3.05) is 0 Å². The van der Waals surface area contributed by atoms with Crippen LogP contribution < -0.4 is 0 Å². The Kier molecular flexibility index (Phi) is 8.04. The molecule has 0 unspecified atom stereocenters. The molecule has 0 saturated carbocycles. The van der Waals surface area contributed by atoms with Crippen LogP contribution in [0.5, 0.6) is 0 Å². The van der Waals surface area contributed by atoms with Crippen LogP contribution in [0.2, 0.25) is 0 Å². The Labute approximate surface area is 353 Å². The predicted molar refractivity (Wildman–Crippen MR) is 248 cm³/mol. The molecule has 2 heterocycles. The smallest absolute Gasteiger partial charge is 0.160 e. The Morgan fingerprint density at radius 3 is 1.50 bits per heavy atom. The molecule has 0 bridgehead atoms. The minimum Gasteiger partial charge on any atom is -0.228 e. The van der Waals surface area contributed by atoms with E-state index < -0.39 is 5.41 Å². The SMILES string of the molecule is c1ccc(-c2nc(-c3ccccc3-c3ccc4c(c3)C3(c5ccccc5S4)c4ccccc4-c4ccccc43)cc(-c3ccc(-c4ccccc4)c4ccccc34)n2)cc1. The highest BCUT2D eigenvalue weighted by molar-refractivity contribution is 7.99. The van der Waals surface area contributed by atoms with Gasteiger partial charge in [-0.3, -0.25) is 0 Å². The van der Waals surface area contributed by atoms with E-state index in [1.807, 2.05) is 17.8 Å². The van der Waals surface area contributed by atoms with Crippen molar-refractivity contribution in [3.8, 4) is 67.3 Å². The maximum absolute atomic E-state index is 5.36. The second-order valence-electron chi connectivity index (χ2n) is 15.6. The molecule has 0 amide bonds. The van der Waals surface area contributed by atoms with Gasteiger partial charge in [0, 0.05) is 26.5 Å². The van der Waals surface area contributed by atoms with E-state index >= 15 is 0 Å². The fourth-order valence-electron chi connectivity index (χ4n) is 9.81. The first-order valence-electron chi connectivity index (χ1n) is 20.5. The zero-order chi connectivity index (χ0) is 39.6. The molecule has 60 heavy (non-hydrogen) atoms. The average molecular weight is 781 g/mol. The normalized spacial score (nSPS) is 13.1. The van der Waals surface area contributed by atoms with E-state index in [0.717, 1.165) is 44.6 Å². The van der Waals surface area contributed by atoms with Gasteiger partial charge in [-0.25, -0.2) is 9.97 Å². The van der Waals surface area contributed by atoms with E-state index in [2.05, 4.69) is 212 Å². The molecule has 280 valence electrons. The quantitative estimate of drug-likeness (QED) is 0.174. The summed E-state index contributed by atoms with van der Waals surface area (Å²) in [7, 11) is 0. The highest BCUT2D eigenvalue weighted by Crippen LogP contribution is 2.62. The Morgan fingerprint density at radius 1 is 0.300 bits per heavy atom. The van der Waals surface area contributed by atoms with Gasteiger partial charge in [0.25, 0.3) is 0 Å². The third-order valence-electron chi connectivity index (χ3n) is 12.4. The van der Waals surface area contributed by atoms with Crippen molar-refractivity contribution in [3.63, 3.8) is 0 Å². The molecule has 2 nitrogen and oxygen atoms in total. The third-order valence-corrected chi connectivity index (χ3v) is 13.6. The van der Waals surface area contributed by atoms with Crippen LogP contribution in [-0.2, 0) is 5.41 Å². The van der Waals surface area contributed by atoms with Crippen molar-refractivity contribution in [2.24, 2.45) is 0 Å². The van der Waals surface area contributed by atoms with Crippen molar-refractivity contribution in [2.45, 2.75) is 15.2 Å². The molecular formula is C57H36N2S.